The summed E-state index contributed by atoms with van der Waals surface area (Å²) in [5, 5.41) is 0. The van der Waals surface area contributed by atoms with Gasteiger partial charge in [-0.25, -0.2) is 4.98 Å². The molecule has 0 bridgehead atoms. The van der Waals surface area contributed by atoms with Crippen LogP contribution in [0, 0.1) is 35.5 Å². The second-order valence-corrected chi connectivity index (χ2v) is 13.9. The van der Waals surface area contributed by atoms with E-state index < -0.39 is 0 Å². The van der Waals surface area contributed by atoms with Gasteiger partial charge in [0.25, 0.3) is 0 Å². The van der Waals surface area contributed by atoms with Gasteiger partial charge in [-0.1, -0.05) is 168 Å². The molecule has 50 heavy (non-hydrogen) atoms. The van der Waals surface area contributed by atoms with Crippen molar-refractivity contribution in [2.45, 2.75) is 195 Å². The average Bonchev–Trinajstić information content (AvgIpc) is 3.12. The van der Waals surface area contributed by atoms with Crippen LogP contribution < -0.4 is 0 Å². The van der Waals surface area contributed by atoms with Crippen molar-refractivity contribution in [2.75, 3.05) is 13.2 Å². The molecule has 0 unspecified atom stereocenters. The van der Waals surface area contributed by atoms with Crippen molar-refractivity contribution >= 4 is 11.9 Å². The largest absolute Gasteiger partial charge is 0.464 e. The fourth-order valence-corrected chi connectivity index (χ4v) is 6.17. The molecule has 0 amide bonds. The molecular weight excluding hydrogens is 620 g/mol. The third-order valence-electron chi connectivity index (χ3n) is 9.30. The fraction of sp³-hybridized carbons (Fsp3) is 0.773. The van der Waals surface area contributed by atoms with E-state index in [4.69, 9.17) is 9.47 Å². The van der Waals surface area contributed by atoms with E-state index in [9.17, 15) is 9.59 Å². The predicted molar refractivity (Wildman–Crippen MR) is 207 cm³/mol. The van der Waals surface area contributed by atoms with Crippen LogP contribution in [0.1, 0.15) is 206 Å². The molecule has 1 heterocycles. The lowest BCUT2D eigenvalue weighted by molar-refractivity contribution is -0.149. The van der Waals surface area contributed by atoms with Gasteiger partial charge in [0.05, 0.1) is 24.2 Å². The highest BCUT2D eigenvalue weighted by molar-refractivity contribution is 5.72. The van der Waals surface area contributed by atoms with Crippen LogP contribution in [0.2, 0.25) is 0 Å². The molecule has 0 saturated carbocycles. The minimum absolute atomic E-state index is 0.00192. The van der Waals surface area contributed by atoms with E-state index in [-0.39, 0.29) is 37.0 Å². The summed E-state index contributed by atoms with van der Waals surface area (Å²) in [5.41, 5.74) is 1.07. The minimum Gasteiger partial charge on any atom is -0.464 e. The van der Waals surface area contributed by atoms with Crippen LogP contribution in [-0.4, -0.2) is 35.1 Å². The molecule has 0 spiro atoms. The Labute approximate surface area is 307 Å². The number of nitrogens with zero attached hydrogens (tertiary/aromatic N) is 2. The molecule has 0 aliphatic carbocycles. The number of hydrogen-bond acceptors (Lipinski definition) is 6. The Morgan fingerprint density at radius 2 is 0.840 bits per heavy atom. The molecular formula is C44H72N2O4. The van der Waals surface area contributed by atoms with E-state index in [1.807, 2.05) is 0 Å². The molecule has 0 N–H and O–H groups in total. The van der Waals surface area contributed by atoms with E-state index in [1.165, 1.54) is 103 Å². The maximum atomic E-state index is 12.9. The first-order chi connectivity index (χ1) is 24.5. The number of carbonyl (C=O) groups is 2. The van der Waals surface area contributed by atoms with Crippen LogP contribution in [0.4, 0.5) is 0 Å². The zero-order valence-corrected chi connectivity index (χ0v) is 32.6. The Balaban J connectivity index is 2.52. The van der Waals surface area contributed by atoms with E-state index in [0.717, 1.165) is 51.4 Å². The number of ether oxygens (including phenoxy) is 2. The van der Waals surface area contributed by atoms with Gasteiger partial charge in [0, 0.05) is 12.8 Å². The molecule has 0 fully saturated rings. The Bertz CT molecular complexity index is 1000. The van der Waals surface area contributed by atoms with E-state index in [0.29, 0.717) is 24.2 Å². The third-order valence-corrected chi connectivity index (χ3v) is 9.30. The second-order valence-electron chi connectivity index (χ2n) is 13.9. The number of esters is 2. The van der Waals surface area contributed by atoms with Gasteiger partial charge in [-0.05, 0) is 37.5 Å². The van der Waals surface area contributed by atoms with Crippen LogP contribution in [0.3, 0.4) is 0 Å². The first-order valence-corrected chi connectivity index (χ1v) is 20.7. The lowest BCUT2D eigenvalue weighted by atomic mass is 9.94. The summed E-state index contributed by atoms with van der Waals surface area (Å²) in [5.74, 6) is 12.1. The van der Waals surface area contributed by atoms with Crippen molar-refractivity contribution in [3.8, 4) is 23.7 Å². The van der Waals surface area contributed by atoms with E-state index >= 15 is 0 Å². The first-order valence-electron chi connectivity index (χ1n) is 20.7. The summed E-state index contributed by atoms with van der Waals surface area (Å²) >= 11 is 0. The van der Waals surface area contributed by atoms with Gasteiger partial charge in [-0.2, -0.15) is 0 Å². The van der Waals surface area contributed by atoms with Gasteiger partial charge in [0.2, 0.25) is 0 Å². The average molecular weight is 693 g/mol. The molecule has 0 atom stereocenters. The fourth-order valence-electron chi connectivity index (χ4n) is 6.17. The zero-order chi connectivity index (χ0) is 36.3. The SMILES string of the molecule is CCCCCCCC(CCCCCCC)C(=O)OCCC#Cc1cncc(C#CCCOC(=O)C(CCCCCCC)CCCCCCC)n1. The number of hydrogen-bond donors (Lipinski definition) is 0. The molecule has 0 radical (unpaired) electrons. The molecule has 1 aromatic rings. The standard InChI is InChI=1S/C44H72N2O4/c1-5-9-13-17-21-29-39(30-22-18-14-10-6-2)43(47)49-35-27-25-33-41-37-45-38-42(46-41)34-26-28-36-50-44(48)40(31-23-19-15-11-7-3)32-24-20-16-12-8-4/h37-40H,5-24,27-32,35-36H2,1-4H3. The van der Waals surface area contributed by atoms with Crippen LogP contribution in [0.25, 0.3) is 0 Å². The molecule has 1 rings (SSSR count). The Kier molecular flexibility index (Phi) is 30.1. The highest BCUT2D eigenvalue weighted by Gasteiger charge is 2.20. The van der Waals surface area contributed by atoms with Crippen molar-refractivity contribution in [2.24, 2.45) is 11.8 Å². The van der Waals surface area contributed by atoms with Crippen LogP contribution in [-0.2, 0) is 19.1 Å². The topological polar surface area (TPSA) is 78.4 Å². The van der Waals surface area contributed by atoms with E-state index in [1.54, 1.807) is 12.4 Å². The minimum atomic E-state index is -0.0686. The van der Waals surface area contributed by atoms with Gasteiger partial charge in [-0.3, -0.25) is 14.6 Å². The lowest BCUT2D eigenvalue weighted by Crippen LogP contribution is -2.18. The molecule has 0 aliphatic rings. The molecule has 6 heteroatoms. The highest BCUT2D eigenvalue weighted by atomic mass is 16.5. The summed E-state index contributed by atoms with van der Waals surface area (Å²) in [4.78, 5) is 34.5. The summed E-state index contributed by atoms with van der Waals surface area (Å²) in [7, 11) is 0. The third kappa shape index (κ3) is 25.1. The van der Waals surface area contributed by atoms with Crippen molar-refractivity contribution in [1.29, 1.82) is 0 Å². The highest BCUT2D eigenvalue weighted by Crippen LogP contribution is 2.22. The predicted octanol–water partition coefficient (Wildman–Crippen LogP) is 11.7. The maximum absolute atomic E-state index is 12.9. The number of aromatic nitrogens is 2. The molecule has 0 aromatic carbocycles. The van der Waals surface area contributed by atoms with Crippen molar-refractivity contribution in [1.82, 2.24) is 9.97 Å². The van der Waals surface area contributed by atoms with Crippen molar-refractivity contribution in [3.63, 3.8) is 0 Å². The monoisotopic (exact) mass is 693 g/mol. The Morgan fingerprint density at radius 1 is 0.520 bits per heavy atom. The number of unbranched alkanes of at least 4 members (excludes halogenated alkanes) is 16. The van der Waals surface area contributed by atoms with Crippen molar-refractivity contribution in [3.05, 3.63) is 23.8 Å². The molecule has 0 aliphatic heterocycles. The normalized spacial score (nSPS) is 10.8. The quantitative estimate of drug-likeness (QED) is 0.0454. The summed E-state index contributed by atoms with van der Waals surface area (Å²) < 4.78 is 11.3. The zero-order valence-electron chi connectivity index (χ0n) is 32.6. The second kappa shape index (κ2) is 33.3. The lowest BCUT2D eigenvalue weighted by Gasteiger charge is -2.15. The molecule has 282 valence electrons. The van der Waals surface area contributed by atoms with Gasteiger partial charge >= 0.3 is 11.9 Å². The van der Waals surface area contributed by atoms with Gasteiger partial charge < -0.3 is 9.47 Å². The van der Waals surface area contributed by atoms with Crippen LogP contribution in [0.15, 0.2) is 12.4 Å². The van der Waals surface area contributed by atoms with E-state index in [2.05, 4.69) is 61.3 Å². The summed E-state index contributed by atoms with van der Waals surface area (Å²) in [6, 6.07) is 0. The molecule has 6 nitrogen and oxygen atoms in total. The summed E-state index contributed by atoms with van der Waals surface area (Å²) in [6.45, 7) is 9.48. The van der Waals surface area contributed by atoms with Crippen molar-refractivity contribution < 1.29 is 19.1 Å². The van der Waals surface area contributed by atoms with Gasteiger partial charge in [0.15, 0.2) is 0 Å². The maximum Gasteiger partial charge on any atom is 0.308 e. The van der Waals surface area contributed by atoms with Gasteiger partial charge in [-0.15, -0.1) is 0 Å². The summed E-state index contributed by atoms with van der Waals surface area (Å²) in [6.07, 6.45) is 31.9. The molecule has 0 saturated heterocycles. The Hall–Kier alpha value is -2.86. The first kappa shape index (κ1) is 45.2. The smallest absolute Gasteiger partial charge is 0.308 e. The molecule has 1 aromatic heterocycles. The number of rotatable bonds is 30. The van der Waals surface area contributed by atoms with Crippen LogP contribution >= 0.6 is 0 Å². The van der Waals surface area contributed by atoms with Crippen LogP contribution in [0.5, 0.6) is 0 Å². The van der Waals surface area contributed by atoms with Gasteiger partial charge in [0.1, 0.15) is 24.6 Å². The Morgan fingerprint density at radius 3 is 1.16 bits per heavy atom. The number of carbonyl (C=O) groups excluding carboxylic acids is 2.